The molecule has 1 N–H and O–H groups in total. The third-order valence-corrected chi connectivity index (χ3v) is 7.63. The first-order valence-corrected chi connectivity index (χ1v) is 13.3. The van der Waals surface area contributed by atoms with Gasteiger partial charge < -0.3 is 24.4 Å². The maximum absolute atomic E-state index is 5.93. The van der Waals surface area contributed by atoms with E-state index in [1.54, 1.807) is 0 Å². The normalized spacial score (nSPS) is 20.0. The molecule has 2 atom stereocenters. The van der Waals surface area contributed by atoms with Crippen molar-refractivity contribution in [2.24, 2.45) is 0 Å². The Kier molecular flexibility index (Phi) is 6.48. The summed E-state index contributed by atoms with van der Waals surface area (Å²) in [6, 6.07) is 27.2. The number of thiocarbonyl (C=S) groups is 1. The number of hydrogen-bond donors (Lipinski definition) is 1. The molecule has 0 radical (unpaired) electrons. The number of aromatic nitrogens is 2. The second-order valence-electron chi connectivity index (χ2n) is 8.89. The molecule has 0 spiro atoms. The van der Waals surface area contributed by atoms with E-state index in [9.17, 15) is 0 Å². The summed E-state index contributed by atoms with van der Waals surface area (Å²) < 4.78 is 8.80. The Morgan fingerprint density at radius 2 is 1.58 bits per heavy atom. The Labute approximate surface area is 224 Å². The highest BCUT2D eigenvalue weighted by molar-refractivity contribution is 9.10. The first kappa shape index (κ1) is 23.2. The van der Waals surface area contributed by atoms with Gasteiger partial charge in [-0.1, -0.05) is 22.0 Å². The summed E-state index contributed by atoms with van der Waals surface area (Å²) in [5.74, 6) is 0. The van der Waals surface area contributed by atoms with Crippen LogP contribution >= 0.6 is 28.1 Å². The van der Waals surface area contributed by atoms with Gasteiger partial charge in [-0.25, -0.2) is 0 Å². The summed E-state index contributed by atoms with van der Waals surface area (Å²) in [5.41, 5.74) is 5.45. The number of rotatable bonds is 5. The second-order valence-corrected chi connectivity index (χ2v) is 10.2. The van der Waals surface area contributed by atoms with Gasteiger partial charge in [0.25, 0.3) is 0 Å². The summed E-state index contributed by atoms with van der Waals surface area (Å²) in [6.07, 6.45) is 3.94. The summed E-state index contributed by atoms with van der Waals surface area (Å²) in [6.45, 7) is 3.35. The molecule has 2 aliphatic heterocycles. The van der Waals surface area contributed by atoms with Crippen LogP contribution in [0.1, 0.15) is 23.5 Å². The van der Waals surface area contributed by atoms with Crippen LogP contribution in [0, 0.1) is 0 Å². The Balaban J connectivity index is 1.41. The molecular weight excluding hydrogens is 534 g/mol. The molecule has 2 aromatic carbocycles. The van der Waals surface area contributed by atoms with Gasteiger partial charge in [0.15, 0.2) is 5.11 Å². The van der Waals surface area contributed by atoms with Gasteiger partial charge in [-0.3, -0.25) is 4.98 Å². The van der Waals surface area contributed by atoms with Gasteiger partial charge in [-0.05, 0) is 85.0 Å². The topological polar surface area (TPSA) is 45.6 Å². The fourth-order valence-corrected chi connectivity index (χ4v) is 5.66. The van der Waals surface area contributed by atoms with Gasteiger partial charge in [-0.2, -0.15) is 0 Å². The Bertz CT molecular complexity index is 1340. The SMILES string of the molecule is S=C1N[C@@H](c2ccccn2)[C@H](c2cccn2-c2ccc(Br)cc2)N1c1ccc(N2CCOCC2)cc1. The van der Waals surface area contributed by atoms with Crippen LogP contribution in [-0.4, -0.2) is 41.0 Å². The van der Waals surface area contributed by atoms with Crippen LogP contribution in [-0.2, 0) is 4.74 Å². The zero-order valence-corrected chi connectivity index (χ0v) is 22.0. The molecule has 2 saturated heterocycles. The average molecular weight is 561 g/mol. The van der Waals surface area contributed by atoms with Crippen molar-refractivity contribution in [3.8, 4) is 5.69 Å². The first-order chi connectivity index (χ1) is 17.7. The number of ether oxygens (including phenoxy) is 1. The minimum atomic E-state index is -0.0956. The van der Waals surface area contributed by atoms with Crippen LogP contribution in [0.5, 0.6) is 0 Å². The fraction of sp³-hybridized carbons (Fsp3) is 0.214. The van der Waals surface area contributed by atoms with Crippen LogP contribution in [0.15, 0.2) is 95.7 Å². The molecule has 4 heterocycles. The van der Waals surface area contributed by atoms with Crippen molar-refractivity contribution in [3.05, 3.63) is 107 Å². The van der Waals surface area contributed by atoms with Crippen molar-refractivity contribution in [2.75, 3.05) is 36.1 Å². The average Bonchev–Trinajstić information content (AvgIpc) is 3.54. The Hall–Kier alpha value is -3.20. The molecule has 0 amide bonds. The number of benzene rings is 2. The lowest BCUT2D eigenvalue weighted by atomic mass is 10.0. The van der Waals surface area contributed by atoms with E-state index in [2.05, 4.69) is 114 Å². The number of morpholine rings is 1. The lowest BCUT2D eigenvalue weighted by Gasteiger charge is -2.31. The predicted octanol–water partition coefficient (Wildman–Crippen LogP) is 5.65. The van der Waals surface area contributed by atoms with Crippen LogP contribution in [0.4, 0.5) is 11.4 Å². The zero-order chi connectivity index (χ0) is 24.5. The summed E-state index contributed by atoms with van der Waals surface area (Å²) in [5, 5.41) is 4.26. The van der Waals surface area contributed by atoms with E-state index >= 15 is 0 Å². The van der Waals surface area contributed by atoms with E-state index in [0.29, 0.717) is 5.11 Å². The highest BCUT2D eigenvalue weighted by Crippen LogP contribution is 2.42. The van der Waals surface area contributed by atoms with Crippen LogP contribution in [0.25, 0.3) is 5.69 Å². The smallest absolute Gasteiger partial charge is 0.174 e. The largest absolute Gasteiger partial charge is 0.378 e. The molecule has 0 aliphatic carbocycles. The number of anilines is 2. The number of halogens is 1. The van der Waals surface area contributed by atoms with E-state index in [0.717, 1.165) is 53.5 Å². The molecule has 8 heteroatoms. The minimum Gasteiger partial charge on any atom is -0.378 e. The Morgan fingerprint density at radius 1 is 0.861 bits per heavy atom. The zero-order valence-electron chi connectivity index (χ0n) is 19.6. The molecule has 2 aromatic heterocycles. The predicted molar refractivity (Wildman–Crippen MR) is 151 cm³/mol. The Morgan fingerprint density at radius 3 is 2.31 bits per heavy atom. The van der Waals surface area contributed by atoms with Gasteiger partial charge in [0.2, 0.25) is 0 Å². The fourth-order valence-electron chi connectivity index (χ4n) is 5.05. The molecule has 36 heavy (non-hydrogen) atoms. The summed E-state index contributed by atoms with van der Waals surface area (Å²) in [4.78, 5) is 9.28. The van der Waals surface area contributed by atoms with Crippen molar-refractivity contribution in [1.29, 1.82) is 0 Å². The third-order valence-electron chi connectivity index (χ3n) is 6.79. The van der Waals surface area contributed by atoms with Crippen molar-refractivity contribution >= 4 is 44.6 Å². The molecule has 0 unspecified atom stereocenters. The van der Waals surface area contributed by atoms with Crippen molar-refractivity contribution in [1.82, 2.24) is 14.9 Å². The van der Waals surface area contributed by atoms with Crippen molar-refractivity contribution in [3.63, 3.8) is 0 Å². The standard InChI is InChI=1S/C28H26BrN5OS/c29-20-6-8-22(9-7-20)33-15-3-5-25(33)27-26(24-4-1-2-14-30-24)31-28(36)34(27)23-12-10-21(11-13-23)32-16-18-35-19-17-32/h1-15,26-27H,16-19H2,(H,31,36)/t26-,27-/m0/s1. The molecule has 2 aliphatic rings. The van der Waals surface area contributed by atoms with Gasteiger partial charge in [-0.15, -0.1) is 0 Å². The lowest BCUT2D eigenvalue weighted by Crippen LogP contribution is -2.36. The molecule has 0 bridgehead atoms. The van der Waals surface area contributed by atoms with E-state index in [-0.39, 0.29) is 12.1 Å². The van der Waals surface area contributed by atoms with Gasteiger partial charge in [0, 0.05) is 52.7 Å². The van der Waals surface area contributed by atoms with E-state index in [1.807, 2.05) is 18.3 Å². The number of pyridine rings is 1. The molecule has 182 valence electrons. The van der Waals surface area contributed by atoms with Crippen molar-refractivity contribution in [2.45, 2.75) is 12.1 Å². The highest BCUT2D eigenvalue weighted by atomic mass is 79.9. The van der Waals surface area contributed by atoms with Gasteiger partial charge in [0.05, 0.1) is 24.9 Å². The minimum absolute atomic E-state index is 0.0831. The molecule has 6 rings (SSSR count). The highest BCUT2D eigenvalue weighted by Gasteiger charge is 2.42. The molecular formula is C28H26BrN5OS. The van der Waals surface area contributed by atoms with E-state index < -0.39 is 0 Å². The molecule has 2 fully saturated rings. The van der Waals surface area contributed by atoms with E-state index in [4.69, 9.17) is 17.0 Å². The quantitative estimate of drug-likeness (QED) is 0.319. The third kappa shape index (κ3) is 4.40. The maximum atomic E-state index is 5.93. The number of nitrogens with zero attached hydrogens (tertiary/aromatic N) is 4. The van der Waals surface area contributed by atoms with Gasteiger partial charge >= 0.3 is 0 Å². The number of hydrogen-bond acceptors (Lipinski definition) is 4. The van der Waals surface area contributed by atoms with Gasteiger partial charge in [0.1, 0.15) is 6.04 Å². The maximum Gasteiger partial charge on any atom is 0.174 e. The van der Waals surface area contributed by atoms with Crippen molar-refractivity contribution < 1.29 is 4.74 Å². The number of nitrogens with one attached hydrogen (secondary N) is 1. The molecule has 4 aromatic rings. The van der Waals surface area contributed by atoms with Crippen LogP contribution < -0.4 is 15.1 Å². The molecule has 0 saturated carbocycles. The monoisotopic (exact) mass is 559 g/mol. The summed E-state index contributed by atoms with van der Waals surface area (Å²) in [7, 11) is 0. The lowest BCUT2D eigenvalue weighted by molar-refractivity contribution is 0.122. The van der Waals surface area contributed by atoms with E-state index in [1.165, 1.54) is 5.69 Å². The summed E-state index contributed by atoms with van der Waals surface area (Å²) >= 11 is 9.48. The molecule has 6 nitrogen and oxygen atoms in total. The second kappa shape index (κ2) is 10.0. The first-order valence-electron chi connectivity index (χ1n) is 12.1. The van der Waals surface area contributed by atoms with Crippen LogP contribution in [0.2, 0.25) is 0 Å². The van der Waals surface area contributed by atoms with Crippen LogP contribution in [0.3, 0.4) is 0 Å².